The first-order valence-electron chi connectivity index (χ1n) is 6.69. The quantitative estimate of drug-likeness (QED) is 0.525. The van der Waals surface area contributed by atoms with Gasteiger partial charge in [0.2, 0.25) is 0 Å². The third-order valence-corrected chi connectivity index (χ3v) is 7.08. The summed E-state index contributed by atoms with van der Waals surface area (Å²) in [5, 5.41) is 2.30. The summed E-state index contributed by atoms with van der Waals surface area (Å²) in [6.07, 6.45) is 0. The average Bonchev–Trinajstić information content (AvgIpc) is 2.13. The molecule has 0 aliphatic heterocycles. The molecule has 0 atom stereocenters. The number of anilines is 1. The Morgan fingerprint density at radius 2 is 1.15 bits per heavy atom. The van der Waals surface area contributed by atoms with Gasteiger partial charge in [-0.15, -0.1) is 0 Å². The van der Waals surface area contributed by atoms with E-state index in [-0.39, 0.29) is 32.8 Å². The number of benzene rings is 1. The summed E-state index contributed by atoms with van der Waals surface area (Å²) >= 11 is 0. The molecule has 0 bridgehead atoms. The summed E-state index contributed by atoms with van der Waals surface area (Å²) in [6, 6.07) is 9.16. The van der Waals surface area contributed by atoms with Crippen molar-refractivity contribution in [3.05, 3.63) is 24.3 Å². The maximum absolute atomic E-state index is 2.38. The van der Waals surface area contributed by atoms with Crippen LogP contribution >= 0.6 is 7.92 Å². The van der Waals surface area contributed by atoms with Gasteiger partial charge in [0.05, 0.1) is 15.6 Å². The number of nitrogens with zero attached hydrogens (tertiary/aromatic N) is 1. The first kappa shape index (κ1) is 22.7. The van der Waals surface area contributed by atoms with Crippen LogP contribution in [-0.4, -0.2) is 24.4 Å². The third kappa shape index (κ3) is 6.03. The van der Waals surface area contributed by atoms with Gasteiger partial charge in [0.15, 0.2) is 0 Å². The summed E-state index contributed by atoms with van der Waals surface area (Å²) < 4.78 is 0. The van der Waals surface area contributed by atoms with Crippen molar-refractivity contribution in [3.8, 4) is 0 Å². The van der Waals surface area contributed by atoms with Crippen molar-refractivity contribution >= 4 is 18.9 Å². The maximum Gasteiger partial charge on any atom is 0.0927 e. The number of halogens is 1. The standard InChI is InChI=1S/C16H28NP.ClH.Pd/c1-15(2,3)18(16(4,5)6)14-11-9-13(10-12-14)17(7)8;;/h9-12H,1-8H3;1H;. The molecule has 1 nitrogen and oxygen atoms in total. The minimum absolute atomic E-state index is 0. The van der Waals surface area contributed by atoms with Crippen molar-refractivity contribution in [2.24, 2.45) is 0 Å². The maximum atomic E-state index is 2.38. The average molecular weight is 408 g/mol. The molecule has 0 spiro atoms. The SMILES string of the molecule is CN(C)c1ccc([PH+](C(C)(C)C)C(C)(C)C)cc1.[Cl-].[Pd]. The normalized spacial score (nSPS) is 11.7. The zero-order valence-corrected chi connectivity index (χ0v) is 17.3. The van der Waals surface area contributed by atoms with E-state index in [1.165, 1.54) is 5.69 Å². The first-order valence-corrected chi connectivity index (χ1v) is 8.19. The molecule has 4 heteroatoms. The van der Waals surface area contributed by atoms with Crippen molar-refractivity contribution in [2.75, 3.05) is 19.0 Å². The van der Waals surface area contributed by atoms with E-state index < -0.39 is 7.92 Å². The van der Waals surface area contributed by atoms with E-state index in [0.717, 1.165) is 0 Å². The van der Waals surface area contributed by atoms with Gasteiger partial charge in [-0.05, 0) is 65.8 Å². The van der Waals surface area contributed by atoms with Crippen LogP contribution in [0.4, 0.5) is 5.69 Å². The summed E-state index contributed by atoms with van der Waals surface area (Å²) in [4.78, 5) is 2.16. The molecule has 20 heavy (non-hydrogen) atoms. The molecule has 0 fully saturated rings. The second-order valence-corrected chi connectivity index (χ2v) is 11.6. The topological polar surface area (TPSA) is 3.24 Å². The van der Waals surface area contributed by atoms with Gasteiger partial charge >= 0.3 is 0 Å². The van der Waals surface area contributed by atoms with Crippen LogP contribution in [-0.2, 0) is 20.4 Å². The van der Waals surface area contributed by atoms with Crippen LogP contribution in [0.3, 0.4) is 0 Å². The van der Waals surface area contributed by atoms with Gasteiger partial charge in [-0.25, -0.2) is 0 Å². The molecule has 0 heterocycles. The van der Waals surface area contributed by atoms with Crippen molar-refractivity contribution in [1.82, 2.24) is 0 Å². The number of rotatable bonds is 2. The minimum atomic E-state index is -0.614. The van der Waals surface area contributed by atoms with Gasteiger partial charge in [0.25, 0.3) is 0 Å². The molecule has 0 amide bonds. The Morgan fingerprint density at radius 1 is 0.800 bits per heavy atom. The molecular formula is C16H29ClNPPd. The molecule has 0 N–H and O–H groups in total. The summed E-state index contributed by atoms with van der Waals surface area (Å²) in [5.41, 5.74) is 1.28. The molecule has 0 radical (unpaired) electrons. The molecule has 1 aromatic rings. The van der Waals surface area contributed by atoms with Crippen LogP contribution < -0.4 is 22.6 Å². The van der Waals surface area contributed by atoms with Gasteiger partial charge in [-0.2, -0.15) is 0 Å². The minimum Gasteiger partial charge on any atom is -1.00 e. The molecule has 0 aromatic heterocycles. The van der Waals surface area contributed by atoms with Gasteiger partial charge in [-0.3, -0.25) is 0 Å². The second kappa shape index (κ2) is 8.15. The summed E-state index contributed by atoms with van der Waals surface area (Å²) in [6.45, 7) is 14.3. The van der Waals surface area contributed by atoms with Gasteiger partial charge in [0.1, 0.15) is 0 Å². The zero-order valence-electron chi connectivity index (χ0n) is 14.0. The van der Waals surface area contributed by atoms with Crippen LogP contribution in [0, 0.1) is 0 Å². The Bertz CT molecular complexity index is 376. The molecule has 0 aliphatic carbocycles. The van der Waals surface area contributed by atoms with E-state index in [1.807, 2.05) is 0 Å². The molecule has 120 valence electrons. The number of hydrogen-bond donors (Lipinski definition) is 0. The molecule has 1 rings (SSSR count). The van der Waals surface area contributed by atoms with Crippen molar-refractivity contribution in [3.63, 3.8) is 0 Å². The molecule has 0 saturated carbocycles. The molecular weight excluding hydrogens is 379 g/mol. The largest absolute Gasteiger partial charge is 1.00 e. The molecule has 1 aromatic carbocycles. The zero-order chi connectivity index (χ0) is 14.1. The molecule has 0 aliphatic rings. The summed E-state index contributed by atoms with van der Waals surface area (Å²) in [7, 11) is 3.57. The van der Waals surface area contributed by atoms with Crippen molar-refractivity contribution in [2.45, 2.75) is 51.9 Å². The Hall–Kier alpha value is 0.402. The third-order valence-electron chi connectivity index (χ3n) is 3.17. The molecule has 0 unspecified atom stereocenters. The van der Waals surface area contributed by atoms with E-state index in [9.17, 15) is 0 Å². The predicted molar refractivity (Wildman–Crippen MR) is 88.2 cm³/mol. The Balaban J connectivity index is 0. The van der Waals surface area contributed by atoms with E-state index in [1.54, 1.807) is 5.30 Å². The van der Waals surface area contributed by atoms with Crippen molar-refractivity contribution in [1.29, 1.82) is 0 Å². The van der Waals surface area contributed by atoms with E-state index in [2.05, 4.69) is 84.8 Å². The Kier molecular flexibility index (Phi) is 9.24. The first-order chi connectivity index (χ1) is 8.03. The molecule has 0 saturated heterocycles. The van der Waals surface area contributed by atoms with Crippen LogP contribution in [0.5, 0.6) is 0 Å². The van der Waals surface area contributed by atoms with Crippen LogP contribution in [0.2, 0.25) is 0 Å². The fraction of sp³-hybridized carbons (Fsp3) is 0.625. The van der Waals surface area contributed by atoms with Gasteiger partial charge in [0, 0.05) is 48.1 Å². The summed E-state index contributed by atoms with van der Waals surface area (Å²) in [5.74, 6) is 0. The second-order valence-electron chi connectivity index (χ2n) is 7.32. The van der Waals surface area contributed by atoms with Crippen LogP contribution in [0.25, 0.3) is 0 Å². The van der Waals surface area contributed by atoms with Gasteiger partial charge < -0.3 is 17.3 Å². The fourth-order valence-electron chi connectivity index (χ4n) is 2.92. The van der Waals surface area contributed by atoms with E-state index in [4.69, 9.17) is 0 Å². The van der Waals surface area contributed by atoms with E-state index in [0.29, 0.717) is 10.3 Å². The van der Waals surface area contributed by atoms with Gasteiger partial charge in [-0.1, -0.05) is 0 Å². The Morgan fingerprint density at radius 3 is 1.40 bits per heavy atom. The van der Waals surface area contributed by atoms with E-state index >= 15 is 0 Å². The fourth-order valence-corrected chi connectivity index (χ4v) is 7.40. The van der Waals surface area contributed by atoms with Crippen LogP contribution in [0.15, 0.2) is 24.3 Å². The van der Waals surface area contributed by atoms with Crippen LogP contribution in [0.1, 0.15) is 41.5 Å². The Labute approximate surface area is 146 Å². The monoisotopic (exact) mass is 407 g/mol. The van der Waals surface area contributed by atoms with Crippen molar-refractivity contribution < 1.29 is 32.8 Å². The number of hydrogen-bond acceptors (Lipinski definition) is 1. The predicted octanol–water partition coefficient (Wildman–Crippen LogP) is 1.19. The smallest absolute Gasteiger partial charge is 0.0927 e.